The van der Waals surface area contributed by atoms with E-state index in [-0.39, 0.29) is 23.1 Å². The van der Waals surface area contributed by atoms with Gasteiger partial charge in [-0.2, -0.15) is 5.10 Å². The van der Waals surface area contributed by atoms with Gasteiger partial charge in [0.05, 0.1) is 6.21 Å². The molecule has 2 aromatic carbocycles. The highest BCUT2D eigenvalue weighted by molar-refractivity contribution is 5.97. The summed E-state index contributed by atoms with van der Waals surface area (Å²) in [5.41, 5.74) is 5.26. The van der Waals surface area contributed by atoms with Gasteiger partial charge in [-0.05, 0) is 34.6 Å². The van der Waals surface area contributed by atoms with E-state index in [9.17, 15) is 9.59 Å². The third-order valence-electron chi connectivity index (χ3n) is 4.44. The predicted octanol–water partition coefficient (Wildman–Crippen LogP) is 3.89. The Bertz CT molecular complexity index is 819. The Morgan fingerprint density at radius 2 is 1.57 bits per heavy atom. The lowest BCUT2D eigenvalue weighted by Crippen LogP contribution is -2.48. The van der Waals surface area contributed by atoms with Gasteiger partial charge < -0.3 is 5.32 Å². The van der Waals surface area contributed by atoms with Gasteiger partial charge in [-0.15, -0.1) is 0 Å². The zero-order chi connectivity index (χ0) is 20.7. The van der Waals surface area contributed by atoms with E-state index in [2.05, 4.69) is 48.7 Å². The number of nitrogens with zero attached hydrogens (tertiary/aromatic N) is 1. The van der Waals surface area contributed by atoms with Crippen molar-refractivity contribution in [3.63, 3.8) is 0 Å². The van der Waals surface area contributed by atoms with E-state index in [1.165, 1.54) is 5.56 Å². The van der Waals surface area contributed by atoms with Crippen LogP contribution in [0.1, 0.15) is 56.1 Å². The highest BCUT2D eigenvalue weighted by atomic mass is 16.2. The minimum Gasteiger partial charge on any atom is -0.340 e. The van der Waals surface area contributed by atoms with Crippen molar-refractivity contribution in [1.82, 2.24) is 10.7 Å². The summed E-state index contributed by atoms with van der Waals surface area (Å²) >= 11 is 0. The Morgan fingerprint density at radius 1 is 0.964 bits per heavy atom. The van der Waals surface area contributed by atoms with Crippen molar-refractivity contribution in [2.45, 2.75) is 46.1 Å². The summed E-state index contributed by atoms with van der Waals surface area (Å²) in [5.74, 6) is -0.702. The first kappa shape index (κ1) is 21.4. The second-order valence-electron chi connectivity index (χ2n) is 8.17. The first-order valence-electron chi connectivity index (χ1n) is 9.48. The van der Waals surface area contributed by atoms with Crippen LogP contribution < -0.4 is 10.7 Å². The zero-order valence-corrected chi connectivity index (χ0v) is 17.2. The molecule has 2 amide bonds. The number of carbonyl (C=O) groups excluding carboxylic acids is 2. The number of hydrogen-bond donors (Lipinski definition) is 2. The smallest absolute Gasteiger partial charge is 0.262 e. The number of benzene rings is 2. The Labute approximate surface area is 167 Å². The van der Waals surface area contributed by atoms with E-state index in [4.69, 9.17) is 0 Å². The molecular formula is C23H29N3O2. The van der Waals surface area contributed by atoms with Crippen molar-refractivity contribution in [2.24, 2.45) is 11.0 Å². The number of hydrazone groups is 1. The van der Waals surface area contributed by atoms with Crippen molar-refractivity contribution < 1.29 is 9.59 Å². The van der Waals surface area contributed by atoms with Gasteiger partial charge >= 0.3 is 0 Å². The average Bonchev–Trinajstić information content (AvgIpc) is 2.66. The van der Waals surface area contributed by atoms with Crippen molar-refractivity contribution in [2.75, 3.05) is 0 Å². The van der Waals surface area contributed by atoms with Gasteiger partial charge in [-0.3, -0.25) is 9.59 Å². The maximum atomic E-state index is 12.5. The number of amides is 2. The fourth-order valence-electron chi connectivity index (χ4n) is 2.66. The van der Waals surface area contributed by atoms with Crippen molar-refractivity contribution >= 4 is 18.0 Å². The number of carbonyl (C=O) groups is 2. The van der Waals surface area contributed by atoms with Crippen LogP contribution in [-0.2, 0) is 10.2 Å². The van der Waals surface area contributed by atoms with Crippen molar-refractivity contribution in [3.8, 4) is 0 Å². The number of hydrogen-bond acceptors (Lipinski definition) is 3. The van der Waals surface area contributed by atoms with Gasteiger partial charge in [0.2, 0.25) is 0 Å². The fraction of sp³-hybridized carbons (Fsp3) is 0.348. The topological polar surface area (TPSA) is 70.6 Å². The molecule has 1 atom stereocenters. The van der Waals surface area contributed by atoms with E-state index in [0.717, 1.165) is 5.56 Å². The van der Waals surface area contributed by atoms with Gasteiger partial charge in [0.25, 0.3) is 11.8 Å². The fourth-order valence-corrected chi connectivity index (χ4v) is 2.66. The van der Waals surface area contributed by atoms with Crippen LogP contribution in [0.15, 0.2) is 59.7 Å². The standard InChI is InChI=1S/C23H29N3O2/c1-16(2)20(25-21(27)18-9-7-6-8-10-18)22(28)26-24-15-17-11-13-19(14-12-17)23(3,4)5/h6-16,20H,1-5H3,(H,25,27)(H,26,28). The molecule has 0 fully saturated rings. The molecule has 0 aromatic heterocycles. The summed E-state index contributed by atoms with van der Waals surface area (Å²) < 4.78 is 0. The number of rotatable bonds is 6. The van der Waals surface area contributed by atoms with E-state index >= 15 is 0 Å². The van der Waals surface area contributed by atoms with Crippen LogP contribution in [0.2, 0.25) is 0 Å². The molecule has 2 rings (SSSR count). The third-order valence-corrected chi connectivity index (χ3v) is 4.44. The Morgan fingerprint density at radius 3 is 2.11 bits per heavy atom. The molecule has 0 aliphatic rings. The SMILES string of the molecule is CC(C)C(NC(=O)c1ccccc1)C(=O)NN=Cc1ccc(C(C)(C)C)cc1. The normalized spacial score (nSPS) is 12.8. The molecule has 0 radical (unpaired) electrons. The van der Waals surface area contributed by atoms with Crippen LogP contribution in [0.25, 0.3) is 0 Å². The van der Waals surface area contributed by atoms with Crippen LogP contribution in [0.4, 0.5) is 0 Å². The van der Waals surface area contributed by atoms with Gasteiger partial charge in [0, 0.05) is 5.56 Å². The highest BCUT2D eigenvalue weighted by Crippen LogP contribution is 2.21. The Balaban J connectivity index is 1.98. The summed E-state index contributed by atoms with van der Waals surface area (Å²) in [6.45, 7) is 10.2. The second kappa shape index (κ2) is 9.31. The van der Waals surface area contributed by atoms with Crippen LogP contribution in [-0.4, -0.2) is 24.1 Å². The van der Waals surface area contributed by atoms with Crippen molar-refractivity contribution in [1.29, 1.82) is 0 Å². The first-order valence-corrected chi connectivity index (χ1v) is 9.48. The molecule has 5 heteroatoms. The zero-order valence-electron chi connectivity index (χ0n) is 17.2. The molecule has 2 N–H and O–H groups in total. The highest BCUT2D eigenvalue weighted by Gasteiger charge is 2.24. The summed E-state index contributed by atoms with van der Waals surface area (Å²) in [4.78, 5) is 24.8. The molecule has 1 unspecified atom stereocenters. The molecule has 0 aliphatic carbocycles. The van der Waals surface area contributed by atoms with E-state index in [1.54, 1.807) is 30.5 Å². The van der Waals surface area contributed by atoms with Gasteiger partial charge in [-0.1, -0.05) is 77.1 Å². The predicted molar refractivity (Wildman–Crippen MR) is 113 cm³/mol. The first-order chi connectivity index (χ1) is 13.2. The molecule has 5 nitrogen and oxygen atoms in total. The van der Waals surface area contributed by atoms with Crippen molar-refractivity contribution in [3.05, 3.63) is 71.3 Å². The lowest BCUT2D eigenvalue weighted by Gasteiger charge is -2.20. The van der Waals surface area contributed by atoms with Crippen LogP contribution in [0.3, 0.4) is 0 Å². The van der Waals surface area contributed by atoms with E-state index in [1.807, 2.05) is 32.0 Å². The monoisotopic (exact) mass is 379 g/mol. The summed E-state index contributed by atoms with van der Waals surface area (Å²) in [5, 5.41) is 6.82. The van der Waals surface area contributed by atoms with E-state index < -0.39 is 6.04 Å². The lowest BCUT2D eigenvalue weighted by atomic mass is 9.87. The average molecular weight is 380 g/mol. The quantitative estimate of drug-likeness (QED) is 0.590. The summed E-state index contributed by atoms with van der Waals surface area (Å²) in [6, 6.07) is 16.2. The number of nitrogens with one attached hydrogen (secondary N) is 2. The van der Waals surface area contributed by atoms with Crippen LogP contribution in [0.5, 0.6) is 0 Å². The minimum atomic E-state index is -0.673. The molecule has 2 aromatic rings. The molecule has 0 heterocycles. The molecule has 0 saturated carbocycles. The van der Waals surface area contributed by atoms with Gasteiger partial charge in [0.1, 0.15) is 6.04 Å². The maximum absolute atomic E-state index is 12.5. The maximum Gasteiger partial charge on any atom is 0.262 e. The second-order valence-corrected chi connectivity index (χ2v) is 8.17. The van der Waals surface area contributed by atoms with E-state index in [0.29, 0.717) is 5.56 Å². The summed E-state index contributed by atoms with van der Waals surface area (Å²) in [7, 11) is 0. The molecule has 28 heavy (non-hydrogen) atoms. The minimum absolute atomic E-state index is 0.0751. The molecule has 0 bridgehead atoms. The molecule has 148 valence electrons. The van der Waals surface area contributed by atoms with Gasteiger partial charge in [-0.25, -0.2) is 5.43 Å². The summed E-state index contributed by atoms with van der Waals surface area (Å²) in [6.07, 6.45) is 1.60. The molecule has 0 saturated heterocycles. The molecule has 0 aliphatic heterocycles. The van der Waals surface area contributed by atoms with Gasteiger partial charge in [0.15, 0.2) is 0 Å². The molecule has 0 spiro atoms. The van der Waals surface area contributed by atoms with Crippen LogP contribution >= 0.6 is 0 Å². The lowest BCUT2D eigenvalue weighted by molar-refractivity contribution is -0.123. The largest absolute Gasteiger partial charge is 0.340 e. The molecular weight excluding hydrogens is 350 g/mol. The Hall–Kier alpha value is -2.95. The third kappa shape index (κ3) is 6.05. The van der Waals surface area contributed by atoms with Crippen LogP contribution in [0, 0.1) is 5.92 Å². The Kier molecular flexibility index (Phi) is 7.10.